The number of anilines is 1. The van der Waals surface area contributed by atoms with Gasteiger partial charge in [0.05, 0.1) is 6.54 Å². The van der Waals surface area contributed by atoms with E-state index in [1.807, 2.05) is 23.1 Å². The van der Waals surface area contributed by atoms with E-state index in [4.69, 9.17) is 0 Å². The van der Waals surface area contributed by atoms with Gasteiger partial charge < -0.3 is 9.80 Å². The predicted octanol–water partition coefficient (Wildman–Crippen LogP) is 1.02. The summed E-state index contributed by atoms with van der Waals surface area (Å²) in [6.07, 6.45) is 3.61. The molecule has 21 heavy (non-hydrogen) atoms. The second-order valence-electron chi connectivity index (χ2n) is 5.11. The molecule has 110 valence electrons. The Balaban J connectivity index is 1.48. The molecule has 1 amide bonds. The van der Waals surface area contributed by atoms with Crippen LogP contribution in [0.2, 0.25) is 0 Å². The highest BCUT2D eigenvalue weighted by atomic mass is 16.2. The Morgan fingerprint density at radius 1 is 1.10 bits per heavy atom. The third kappa shape index (κ3) is 3.39. The van der Waals surface area contributed by atoms with E-state index >= 15 is 0 Å². The molecular formula is C15H19N5O. The minimum absolute atomic E-state index is 0.193. The smallest absolute Gasteiger partial charge is 0.224 e. The summed E-state index contributed by atoms with van der Waals surface area (Å²) in [4.78, 5) is 20.3. The van der Waals surface area contributed by atoms with Gasteiger partial charge in [-0.15, -0.1) is 0 Å². The van der Waals surface area contributed by atoms with Gasteiger partial charge in [-0.1, -0.05) is 18.2 Å². The van der Waals surface area contributed by atoms with E-state index in [1.165, 1.54) is 12.0 Å². The molecule has 1 aromatic carbocycles. The second kappa shape index (κ2) is 6.39. The molecule has 0 radical (unpaired) electrons. The van der Waals surface area contributed by atoms with E-state index in [-0.39, 0.29) is 5.91 Å². The topological polar surface area (TPSA) is 54.3 Å². The zero-order valence-corrected chi connectivity index (χ0v) is 11.9. The maximum atomic E-state index is 12.2. The van der Waals surface area contributed by atoms with Crippen LogP contribution in [-0.2, 0) is 11.3 Å². The lowest BCUT2D eigenvalue weighted by Gasteiger charge is -2.36. The van der Waals surface area contributed by atoms with Gasteiger partial charge in [0.2, 0.25) is 5.91 Å². The maximum Gasteiger partial charge on any atom is 0.224 e. The molecular weight excluding hydrogens is 266 g/mol. The minimum Gasteiger partial charge on any atom is -0.368 e. The predicted molar refractivity (Wildman–Crippen MR) is 79.9 cm³/mol. The highest BCUT2D eigenvalue weighted by molar-refractivity contribution is 5.76. The number of hydrogen-bond donors (Lipinski definition) is 0. The van der Waals surface area contributed by atoms with E-state index in [1.54, 1.807) is 11.0 Å². The number of nitrogens with zero attached hydrogens (tertiary/aromatic N) is 5. The van der Waals surface area contributed by atoms with Crippen LogP contribution in [0.5, 0.6) is 0 Å². The van der Waals surface area contributed by atoms with Crippen molar-refractivity contribution >= 4 is 11.6 Å². The number of rotatable bonds is 4. The molecule has 0 atom stereocenters. The summed E-state index contributed by atoms with van der Waals surface area (Å²) in [7, 11) is 0. The van der Waals surface area contributed by atoms with Crippen LogP contribution >= 0.6 is 0 Å². The number of carbonyl (C=O) groups is 1. The van der Waals surface area contributed by atoms with E-state index in [2.05, 4.69) is 27.1 Å². The van der Waals surface area contributed by atoms with Crippen molar-refractivity contribution in [2.24, 2.45) is 0 Å². The van der Waals surface area contributed by atoms with Crippen LogP contribution in [0.4, 0.5) is 5.69 Å². The molecule has 1 aliphatic heterocycles. The SMILES string of the molecule is O=C(CCn1cncn1)N1CCN(c2ccccc2)CC1. The molecule has 0 aliphatic carbocycles. The van der Waals surface area contributed by atoms with Crippen molar-refractivity contribution in [2.45, 2.75) is 13.0 Å². The highest BCUT2D eigenvalue weighted by Gasteiger charge is 2.20. The molecule has 2 heterocycles. The molecule has 0 N–H and O–H groups in total. The van der Waals surface area contributed by atoms with Crippen LogP contribution in [0, 0.1) is 0 Å². The Kier molecular flexibility index (Phi) is 4.14. The molecule has 6 nitrogen and oxygen atoms in total. The average molecular weight is 285 g/mol. The Morgan fingerprint density at radius 3 is 2.52 bits per heavy atom. The molecule has 1 aliphatic rings. The first kappa shape index (κ1) is 13.6. The van der Waals surface area contributed by atoms with Crippen molar-refractivity contribution in [3.05, 3.63) is 43.0 Å². The van der Waals surface area contributed by atoms with Gasteiger partial charge in [0.25, 0.3) is 0 Å². The first-order chi connectivity index (χ1) is 10.3. The number of hydrogen-bond acceptors (Lipinski definition) is 4. The van der Waals surface area contributed by atoms with Crippen molar-refractivity contribution in [2.75, 3.05) is 31.1 Å². The first-order valence-electron chi connectivity index (χ1n) is 7.23. The van der Waals surface area contributed by atoms with E-state index in [9.17, 15) is 4.79 Å². The van der Waals surface area contributed by atoms with Gasteiger partial charge in [-0.2, -0.15) is 5.10 Å². The lowest BCUT2D eigenvalue weighted by molar-refractivity contribution is -0.131. The van der Waals surface area contributed by atoms with Gasteiger partial charge in [-0.05, 0) is 12.1 Å². The third-order valence-corrected chi connectivity index (χ3v) is 3.78. The zero-order valence-electron chi connectivity index (χ0n) is 11.9. The molecule has 0 saturated carbocycles. The normalized spacial score (nSPS) is 15.2. The Bertz CT molecular complexity index is 561. The first-order valence-corrected chi connectivity index (χ1v) is 7.23. The fourth-order valence-corrected chi connectivity index (χ4v) is 2.57. The minimum atomic E-state index is 0.193. The van der Waals surface area contributed by atoms with Crippen LogP contribution in [-0.4, -0.2) is 51.8 Å². The summed E-state index contributed by atoms with van der Waals surface area (Å²) < 4.78 is 1.69. The number of piperazine rings is 1. The summed E-state index contributed by atoms with van der Waals surface area (Å²) in [6, 6.07) is 10.3. The van der Waals surface area contributed by atoms with Crippen molar-refractivity contribution in [3.8, 4) is 0 Å². The maximum absolute atomic E-state index is 12.2. The molecule has 1 saturated heterocycles. The fourth-order valence-electron chi connectivity index (χ4n) is 2.57. The molecule has 0 bridgehead atoms. The lowest BCUT2D eigenvalue weighted by Crippen LogP contribution is -2.48. The fraction of sp³-hybridized carbons (Fsp3) is 0.400. The summed E-state index contributed by atoms with van der Waals surface area (Å²) in [5.74, 6) is 0.193. The van der Waals surface area contributed by atoms with Gasteiger partial charge in [0.1, 0.15) is 12.7 Å². The molecule has 2 aromatic rings. The quantitative estimate of drug-likeness (QED) is 0.841. The van der Waals surface area contributed by atoms with Crippen molar-refractivity contribution in [1.29, 1.82) is 0 Å². The van der Waals surface area contributed by atoms with Crippen LogP contribution in [0.25, 0.3) is 0 Å². The van der Waals surface area contributed by atoms with Gasteiger partial charge in [0.15, 0.2) is 0 Å². The van der Waals surface area contributed by atoms with Gasteiger partial charge >= 0.3 is 0 Å². The van der Waals surface area contributed by atoms with Crippen LogP contribution < -0.4 is 4.90 Å². The largest absolute Gasteiger partial charge is 0.368 e. The molecule has 1 fully saturated rings. The number of carbonyl (C=O) groups excluding carboxylic acids is 1. The van der Waals surface area contributed by atoms with E-state index in [0.717, 1.165) is 26.2 Å². The Morgan fingerprint density at radius 2 is 1.86 bits per heavy atom. The number of aryl methyl sites for hydroxylation is 1. The second-order valence-corrected chi connectivity index (χ2v) is 5.11. The zero-order chi connectivity index (χ0) is 14.5. The van der Waals surface area contributed by atoms with Crippen molar-refractivity contribution in [1.82, 2.24) is 19.7 Å². The molecule has 1 aromatic heterocycles. The number of aromatic nitrogens is 3. The van der Waals surface area contributed by atoms with Gasteiger partial charge in [-0.25, -0.2) is 4.98 Å². The van der Waals surface area contributed by atoms with Gasteiger partial charge in [0, 0.05) is 38.3 Å². The third-order valence-electron chi connectivity index (χ3n) is 3.78. The van der Waals surface area contributed by atoms with Gasteiger partial charge in [-0.3, -0.25) is 9.48 Å². The Hall–Kier alpha value is -2.37. The monoisotopic (exact) mass is 285 g/mol. The number of amides is 1. The highest BCUT2D eigenvalue weighted by Crippen LogP contribution is 2.15. The molecule has 3 rings (SSSR count). The van der Waals surface area contributed by atoms with Crippen LogP contribution in [0.3, 0.4) is 0 Å². The summed E-state index contributed by atoms with van der Waals surface area (Å²) in [5, 5.41) is 4.01. The molecule has 0 spiro atoms. The Labute approximate surface area is 124 Å². The van der Waals surface area contributed by atoms with Crippen molar-refractivity contribution in [3.63, 3.8) is 0 Å². The number of para-hydroxylation sites is 1. The van der Waals surface area contributed by atoms with E-state index < -0.39 is 0 Å². The summed E-state index contributed by atoms with van der Waals surface area (Å²) >= 11 is 0. The summed E-state index contributed by atoms with van der Waals surface area (Å²) in [5.41, 5.74) is 1.23. The number of benzene rings is 1. The van der Waals surface area contributed by atoms with Crippen LogP contribution in [0.15, 0.2) is 43.0 Å². The lowest BCUT2D eigenvalue weighted by atomic mass is 10.2. The van der Waals surface area contributed by atoms with Crippen molar-refractivity contribution < 1.29 is 4.79 Å². The standard InChI is InChI=1S/C15H19N5O/c21-15(6-7-20-13-16-12-17-20)19-10-8-18(9-11-19)14-4-2-1-3-5-14/h1-5,12-13H,6-11H2. The summed E-state index contributed by atoms with van der Waals surface area (Å²) in [6.45, 7) is 3.94. The molecule has 6 heteroatoms. The van der Waals surface area contributed by atoms with E-state index in [0.29, 0.717) is 13.0 Å². The average Bonchev–Trinajstić information content (AvgIpc) is 3.07. The molecule has 0 unspecified atom stereocenters. The van der Waals surface area contributed by atoms with Crippen LogP contribution in [0.1, 0.15) is 6.42 Å².